The van der Waals surface area contributed by atoms with E-state index in [1.54, 1.807) is 0 Å². The molecule has 0 bridgehead atoms. The van der Waals surface area contributed by atoms with Gasteiger partial charge in [-0.25, -0.2) is 0 Å². The summed E-state index contributed by atoms with van der Waals surface area (Å²) in [6.07, 6.45) is 0. The molecule has 1 atom stereocenters. The summed E-state index contributed by atoms with van der Waals surface area (Å²) in [5.74, 6) is 0.00505. The van der Waals surface area contributed by atoms with E-state index in [2.05, 4.69) is 6.07 Å². The Bertz CT molecular complexity index is 1120. The van der Waals surface area contributed by atoms with Crippen LogP contribution < -0.4 is 15.2 Å². The normalized spacial score (nSPS) is 16.2. The van der Waals surface area contributed by atoms with Crippen LogP contribution in [0.1, 0.15) is 22.6 Å². The molecule has 0 spiro atoms. The highest BCUT2D eigenvalue weighted by molar-refractivity contribution is 7.16. The lowest BCUT2D eigenvalue weighted by Gasteiger charge is -2.26. The lowest BCUT2D eigenvalue weighted by molar-refractivity contribution is 0.398. The lowest BCUT2D eigenvalue weighted by Crippen LogP contribution is -2.25. The molecular formula is C20H14N2O2S. The van der Waals surface area contributed by atoms with Gasteiger partial charge in [-0.2, -0.15) is 5.26 Å². The van der Waals surface area contributed by atoms with Crippen LogP contribution in [-0.2, 0) is 0 Å². The first-order valence-corrected chi connectivity index (χ1v) is 8.61. The monoisotopic (exact) mass is 346 g/mol. The van der Waals surface area contributed by atoms with Crippen molar-refractivity contribution in [3.8, 4) is 11.8 Å². The fourth-order valence-corrected chi connectivity index (χ4v) is 4.10. The summed E-state index contributed by atoms with van der Waals surface area (Å²) in [6, 6.07) is 17.5. The van der Waals surface area contributed by atoms with Gasteiger partial charge in [0.25, 0.3) is 0 Å². The second kappa shape index (κ2) is 5.76. The fourth-order valence-electron chi connectivity index (χ4n) is 3.16. The Morgan fingerprint density at radius 3 is 2.60 bits per heavy atom. The molecule has 0 amide bonds. The Kier molecular flexibility index (Phi) is 3.56. The van der Waals surface area contributed by atoms with Gasteiger partial charge < -0.3 is 10.5 Å². The first-order chi connectivity index (χ1) is 12.1. The highest BCUT2D eigenvalue weighted by Gasteiger charge is 2.34. The van der Waals surface area contributed by atoms with Gasteiger partial charge in [-0.3, -0.25) is 4.79 Å². The van der Waals surface area contributed by atoms with Crippen molar-refractivity contribution in [1.82, 2.24) is 0 Å². The predicted octanol–water partition coefficient (Wildman–Crippen LogP) is 3.79. The lowest BCUT2D eigenvalue weighted by atomic mass is 9.84. The zero-order valence-corrected chi connectivity index (χ0v) is 14.3. The molecule has 2 heterocycles. The van der Waals surface area contributed by atoms with E-state index in [1.807, 2.05) is 55.5 Å². The number of hydrogen-bond donors (Lipinski definition) is 1. The molecule has 0 unspecified atom stereocenters. The van der Waals surface area contributed by atoms with Crippen LogP contribution >= 0.6 is 11.3 Å². The molecule has 3 aromatic rings. The number of nitrogens with zero attached hydrogens (tertiary/aromatic N) is 1. The Morgan fingerprint density at radius 2 is 1.88 bits per heavy atom. The minimum Gasteiger partial charge on any atom is -0.439 e. The van der Waals surface area contributed by atoms with Crippen molar-refractivity contribution < 1.29 is 4.74 Å². The standard InChI is InChI=1S/C20H14N2O2S/c1-11-6-8-12(9-7-11)16-14(10-21)19(22)24-18-13-4-2-3-5-15(13)25-20(23)17(16)18/h2-9,16H,22H2,1H3/t16-/m1/s1. The van der Waals surface area contributed by atoms with Gasteiger partial charge in [-0.05, 0) is 24.6 Å². The van der Waals surface area contributed by atoms with Crippen molar-refractivity contribution in [3.05, 3.63) is 86.2 Å². The predicted molar refractivity (Wildman–Crippen MR) is 98.6 cm³/mol. The quantitative estimate of drug-likeness (QED) is 0.727. The molecule has 122 valence electrons. The number of nitriles is 1. The third-order valence-corrected chi connectivity index (χ3v) is 5.37. The molecule has 0 saturated carbocycles. The number of ether oxygens (including phenoxy) is 1. The summed E-state index contributed by atoms with van der Waals surface area (Å²) in [4.78, 5) is 12.9. The molecule has 2 aromatic carbocycles. The van der Waals surface area contributed by atoms with Crippen molar-refractivity contribution in [2.75, 3.05) is 0 Å². The summed E-state index contributed by atoms with van der Waals surface area (Å²) >= 11 is 1.16. The van der Waals surface area contributed by atoms with E-state index in [0.717, 1.165) is 32.5 Å². The number of benzene rings is 2. The Morgan fingerprint density at radius 1 is 1.16 bits per heavy atom. The highest BCUT2D eigenvalue weighted by atomic mass is 32.1. The summed E-state index contributed by atoms with van der Waals surface area (Å²) in [7, 11) is 0. The molecule has 0 saturated heterocycles. The van der Waals surface area contributed by atoms with Crippen molar-refractivity contribution in [1.29, 1.82) is 5.26 Å². The molecule has 1 aliphatic heterocycles. The minimum atomic E-state index is -0.511. The molecule has 25 heavy (non-hydrogen) atoms. The topological polar surface area (TPSA) is 76.1 Å². The summed E-state index contributed by atoms with van der Waals surface area (Å²) in [5.41, 5.74) is 8.76. The Balaban J connectivity index is 2.08. The van der Waals surface area contributed by atoms with Crippen LogP contribution in [0.15, 0.2) is 64.8 Å². The average molecular weight is 346 g/mol. The van der Waals surface area contributed by atoms with E-state index in [1.165, 1.54) is 0 Å². The van der Waals surface area contributed by atoms with Gasteiger partial charge in [0.15, 0.2) is 0 Å². The maximum absolute atomic E-state index is 12.9. The van der Waals surface area contributed by atoms with Crippen molar-refractivity contribution in [2.24, 2.45) is 5.73 Å². The van der Waals surface area contributed by atoms with Crippen molar-refractivity contribution in [2.45, 2.75) is 12.8 Å². The Hall–Kier alpha value is -3.10. The molecule has 0 radical (unpaired) electrons. The molecule has 0 aliphatic carbocycles. The molecule has 4 nitrogen and oxygen atoms in total. The van der Waals surface area contributed by atoms with Crippen LogP contribution in [0, 0.1) is 18.3 Å². The molecule has 5 heteroatoms. The smallest absolute Gasteiger partial charge is 0.240 e. The van der Waals surface area contributed by atoms with E-state index >= 15 is 0 Å². The fraction of sp³-hybridized carbons (Fsp3) is 0.100. The van der Waals surface area contributed by atoms with E-state index < -0.39 is 5.92 Å². The Labute approximate surface area is 148 Å². The zero-order valence-electron chi connectivity index (χ0n) is 13.4. The zero-order chi connectivity index (χ0) is 17.6. The van der Waals surface area contributed by atoms with Crippen LogP contribution in [0.3, 0.4) is 0 Å². The van der Waals surface area contributed by atoms with E-state index in [0.29, 0.717) is 11.3 Å². The first-order valence-electron chi connectivity index (χ1n) is 7.80. The van der Waals surface area contributed by atoms with E-state index in [4.69, 9.17) is 10.5 Å². The number of nitrogens with two attached hydrogens (primary N) is 1. The minimum absolute atomic E-state index is 0.0568. The molecule has 1 aromatic heterocycles. The third-order valence-electron chi connectivity index (χ3n) is 4.38. The second-order valence-corrected chi connectivity index (χ2v) is 6.98. The SMILES string of the molecule is Cc1ccc([C@@H]2C(C#N)=C(N)Oc3c2c(=O)sc2ccccc32)cc1. The summed E-state index contributed by atoms with van der Waals surface area (Å²) < 4.78 is 6.47. The van der Waals surface area contributed by atoms with Gasteiger partial charge in [0.1, 0.15) is 17.4 Å². The second-order valence-electron chi connectivity index (χ2n) is 5.96. The van der Waals surface area contributed by atoms with E-state index in [9.17, 15) is 10.1 Å². The van der Waals surface area contributed by atoms with Crippen molar-refractivity contribution >= 4 is 21.4 Å². The number of fused-ring (bicyclic) bond motifs is 3. The number of allylic oxidation sites excluding steroid dienone is 1. The molecule has 1 aliphatic rings. The molecular weight excluding hydrogens is 332 g/mol. The summed E-state index contributed by atoms with van der Waals surface area (Å²) in [5, 5.41) is 10.4. The van der Waals surface area contributed by atoms with Crippen LogP contribution in [-0.4, -0.2) is 0 Å². The van der Waals surface area contributed by atoms with Crippen LogP contribution in [0.2, 0.25) is 0 Å². The largest absolute Gasteiger partial charge is 0.439 e. The van der Waals surface area contributed by atoms with Gasteiger partial charge in [0, 0.05) is 10.1 Å². The van der Waals surface area contributed by atoms with Gasteiger partial charge in [0.2, 0.25) is 10.6 Å². The number of aryl methyl sites for hydroxylation is 1. The first kappa shape index (κ1) is 15.4. The van der Waals surface area contributed by atoms with Crippen LogP contribution in [0.5, 0.6) is 5.75 Å². The summed E-state index contributed by atoms with van der Waals surface area (Å²) in [6.45, 7) is 1.99. The molecule has 2 N–H and O–H groups in total. The van der Waals surface area contributed by atoms with Gasteiger partial charge in [0.05, 0.1) is 11.5 Å². The van der Waals surface area contributed by atoms with Gasteiger partial charge in [-0.1, -0.05) is 53.3 Å². The highest BCUT2D eigenvalue weighted by Crippen LogP contribution is 2.44. The van der Waals surface area contributed by atoms with Crippen LogP contribution in [0.25, 0.3) is 10.1 Å². The maximum atomic E-state index is 12.9. The van der Waals surface area contributed by atoms with Gasteiger partial charge in [-0.15, -0.1) is 0 Å². The molecule has 0 fully saturated rings. The van der Waals surface area contributed by atoms with Crippen LogP contribution in [0.4, 0.5) is 0 Å². The maximum Gasteiger partial charge on any atom is 0.240 e. The van der Waals surface area contributed by atoms with Crippen molar-refractivity contribution in [3.63, 3.8) is 0 Å². The molecule has 4 rings (SSSR count). The number of hydrogen-bond acceptors (Lipinski definition) is 5. The average Bonchev–Trinajstić information content (AvgIpc) is 2.61. The third kappa shape index (κ3) is 2.39. The number of rotatable bonds is 1. The van der Waals surface area contributed by atoms with Gasteiger partial charge >= 0.3 is 0 Å². The van der Waals surface area contributed by atoms with E-state index in [-0.39, 0.29) is 16.2 Å².